The second-order valence-corrected chi connectivity index (χ2v) is 6.62. The van der Waals surface area contributed by atoms with Gasteiger partial charge in [0.2, 0.25) is 0 Å². The van der Waals surface area contributed by atoms with E-state index in [0.29, 0.717) is 30.4 Å². The Morgan fingerprint density at radius 1 is 1.39 bits per heavy atom. The van der Waals surface area contributed by atoms with Gasteiger partial charge >= 0.3 is 0 Å². The standard InChI is InChI=1S/C16H26ClN3O3/c1-3-19(4-5-21)7-12-8-20(9-13(12)11-22)16(23)15-6-14(17)10-18(15)2/h6,10,12-13,21-22H,3-5,7-9,11H2,1-2H3/t12-,13-/m1/s1. The van der Waals surface area contributed by atoms with Crippen LogP contribution in [-0.4, -0.2) is 76.4 Å². The number of likely N-dealkylation sites (N-methyl/N-ethyl adjacent to an activating group) is 1. The Morgan fingerprint density at radius 3 is 2.61 bits per heavy atom. The Kier molecular flexibility index (Phi) is 6.47. The number of carbonyl (C=O) groups is 1. The maximum Gasteiger partial charge on any atom is 0.270 e. The summed E-state index contributed by atoms with van der Waals surface area (Å²) in [6.45, 7) is 5.65. The van der Waals surface area contributed by atoms with Crippen LogP contribution in [-0.2, 0) is 7.05 Å². The molecule has 0 unspecified atom stereocenters. The molecule has 0 spiro atoms. The molecule has 1 aliphatic heterocycles. The van der Waals surface area contributed by atoms with Crippen LogP contribution in [0, 0.1) is 11.8 Å². The minimum absolute atomic E-state index is 0.0504. The molecule has 2 heterocycles. The molecule has 2 atom stereocenters. The molecule has 1 fully saturated rings. The first-order chi connectivity index (χ1) is 11.0. The Morgan fingerprint density at radius 2 is 2.09 bits per heavy atom. The lowest BCUT2D eigenvalue weighted by Crippen LogP contribution is -2.36. The molecule has 7 heteroatoms. The highest BCUT2D eigenvalue weighted by atomic mass is 35.5. The smallest absolute Gasteiger partial charge is 0.270 e. The van der Waals surface area contributed by atoms with Crippen molar-refractivity contribution in [2.75, 3.05) is 45.9 Å². The van der Waals surface area contributed by atoms with Gasteiger partial charge in [0.05, 0.1) is 11.6 Å². The predicted octanol–water partition coefficient (Wildman–Crippen LogP) is 0.673. The van der Waals surface area contributed by atoms with Crippen LogP contribution in [0.25, 0.3) is 0 Å². The number of aromatic nitrogens is 1. The fraction of sp³-hybridized carbons (Fsp3) is 0.688. The average molecular weight is 344 g/mol. The first-order valence-corrected chi connectivity index (χ1v) is 8.43. The van der Waals surface area contributed by atoms with Gasteiger partial charge in [0.15, 0.2) is 0 Å². The number of amides is 1. The van der Waals surface area contributed by atoms with Crippen molar-refractivity contribution < 1.29 is 15.0 Å². The summed E-state index contributed by atoms with van der Waals surface area (Å²) in [5.41, 5.74) is 0.565. The Labute approximate surface area is 142 Å². The normalized spacial score (nSPS) is 21.4. The van der Waals surface area contributed by atoms with E-state index in [1.165, 1.54) is 0 Å². The van der Waals surface area contributed by atoms with Gasteiger partial charge in [-0.05, 0) is 18.5 Å². The minimum Gasteiger partial charge on any atom is -0.396 e. The highest BCUT2D eigenvalue weighted by molar-refractivity contribution is 6.31. The van der Waals surface area contributed by atoms with Crippen LogP contribution in [0.2, 0.25) is 5.02 Å². The lowest BCUT2D eigenvalue weighted by Gasteiger charge is -2.25. The molecule has 1 amide bonds. The van der Waals surface area contributed by atoms with Gasteiger partial charge in [-0.2, -0.15) is 0 Å². The van der Waals surface area contributed by atoms with E-state index >= 15 is 0 Å². The van der Waals surface area contributed by atoms with E-state index in [1.54, 1.807) is 28.8 Å². The molecule has 0 radical (unpaired) electrons. The first-order valence-electron chi connectivity index (χ1n) is 8.05. The Bertz CT molecular complexity index is 535. The summed E-state index contributed by atoms with van der Waals surface area (Å²) in [7, 11) is 1.80. The van der Waals surface area contributed by atoms with Gasteiger partial charge in [-0.1, -0.05) is 18.5 Å². The maximum absolute atomic E-state index is 12.7. The van der Waals surface area contributed by atoms with Gasteiger partial charge < -0.3 is 24.6 Å². The van der Waals surface area contributed by atoms with Gasteiger partial charge in [0, 0.05) is 51.9 Å². The molecule has 2 N–H and O–H groups in total. The number of aryl methyl sites for hydroxylation is 1. The molecule has 6 nitrogen and oxygen atoms in total. The SMILES string of the molecule is CCN(CCO)C[C@@H]1CN(C(=O)c2cc(Cl)cn2C)C[C@@H]1CO. The molecule has 1 aliphatic rings. The first kappa shape index (κ1) is 18.3. The Hall–Kier alpha value is -1.08. The summed E-state index contributed by atoms with van der Waals surface area (Å²) in [5, 5.41) is 19.3. The predicted molar refractivity (Wildman–Crippen MR) is 89.6 cm³/mol. The summed E-state index contributed by atoms with van der Waals surface area (Å²) in [4.78, 5) is 16.6. The van der Waals surface area contributed by atoms with Crippen molar-refractivity contribution in [1.29, 1.82) is 0 Å². The van der Waals surface area contributed by atoms with Crippen molar-refractivity contribution >= 4 is 17.5 Å². The van der Waals surface area contributed by atoms with Gasteiger partial charge in [-0.25, -0.2) is 0 Å². The maximum atomic E-state index is 12.7. The third-order valence-corrected chi connectivity index (χ3v) is 4.85. The number of rotatable bonds is 7. The summed E-state index contributed by atoms with van der Waals surface area (Å²) in [5.74, 6) is 0.235. The monoisotopic (exact) mass is 343 g/mol. The minimum atomic E-state index is -0.0504. The lowest BCUT2D eigenvalue weighted by molar-refractivity contribution is 0.0769. The summed E-state index contributed by atoms with van der Waals surface area (Å²) < 4.78 is 1.73. The molecule has 2 rings (SSSR count). The van der Waals surface area contributed by atoms with E-state index in [9.17, 15) is 9.90 Å². The highest BCUT2D eigenvalue weighted by Gasteiger charge is 2.36. The molecular formula is C16H26ClN3O3. The van der Waals surface area contributed by atoms with Crippen LogP contribution in [0.15, 0.2) is 12.3 Å². The van der Waals surface area contributed by atoms with Crippen molar-refractivity contribution in [3.63, 3.8) is 0 Å². The molecule has 0 bridgehead atoms. The zero-order valence-electron chi connectivity index (χ0n) is 13.8. The van der Waals surface area contributed by atoms with E-state index in [4.69, 9.17) is 16.7 Å². The van der Waals surface area contributed by atoms with Crippen molar-refractivity contribution in [1.82, 2.24) is 14.4 Å². The van der Waals surface area contributed by atoms with Crippen molar-refractivity contribution in [2.45, 2.75) is 6.92 Å². The second kappa shape index (κ2) is 8.15. The summed E-state index contributed by atoms with van der Waals surface area (Å²) in [6.07, 6.45) is 1.71. The van der Waals surface area contributed by atoms with Crippen LogP contribution in [0.4, 0.5) is 0 Å². The average Bonchev–Trinajstić information content (AvgIpc) is 3.08. The molecule has 1 aromatic rings. The van der Waals surface area contributed by atoms with E-state index in [-0.39, 0.29) is 31.0 Å². The fourth-order valence-corrected chi connectivity index (χ4v) is 3.52. The van der Waals surface area contributed by atoms with E-state index in [1.807, 2.05) is 6.92 Å². The van der Waals surface area contributed by atoms with Crippen LogP contribution in [0.1, 0.15) is 17.4 Å². The third kappa shape index (κ3) is 4.26. The van der Waals surface area contributed by atoms with Gasteiger partial charge in [-0.3, -0.25) is 4.79 Å². The number of aliphatic hydroxyl groups is 2. The van der Waals surface area contributed by atoms with Gasteiger partial charge in [0.1, 0.15) is 5.69 Å². The fourth-order valence-electron chi connectivity index (χ4n) is 3.27. The van der Waals surface area contributed by atoms with E-state index in [2.05, 4.69) is 4.90 Å². The molecule has 0 aliphatic carbocycles. The number of halogens is 1. The van der Waals surface area contributed by atoms with Crippen LogP contribution in [0.5, 0.6) is 0 Å². The van der Waals surface area contributed by atoms with Gasteiger partial charge in [0.25, 0.3) is 5.91 Å². The molecule has 130 valence electrons. The number of nitrogens with zero attached hydrogens (tertiary/aromatic N) is 3. The number of hydrogen-bond acceptors (Lipinski definition) is 4. The van der Waals surface area contributed by atoms with Gasteiger partial charge in [-0.15, -0.1) is 0 Å². The van der Waals surface area contributed by atoms with E-state index < -0.39 is 0 Å². The van der Waals surface area contributed by atoms with Crippen LogP contribution in [0.3, 0.4) is 0 Å². The lowest BCUT2D eigenvalue weighted by atomic mass is 9.96. The number of aliphatic hydroxyl groups excluding tert-OH is 2. The highest BCUT2D eigenvalue weighted by Crippen LogP contribution is 2.26. The zero-order chi connectivity index (χ0) is 17.0. The number of likely N-dealkylation sites (tertiary alicyclic amines) is 1. The third-order valence-electron chi connectivity index (χ3n) is 4.65. The number of hydrogen-bond donors (Lipinski definition) is 2. The van der Waals surface area contributed by atoms with Crippen molar-refractivity contribution in [3.05, 3.63) is 23.0 Å². The zero-order valence-corrected chi connectivity index (χ0v) is 14.5. The summed E-state index contributed by atoms with van der Waals surface area (Å²) in [6, 6.07) is 1.68. The second-order valence-electron chi connectivity index (χ2n) is 6.18. The quantitative estimate of drug-likeness (QED) is 0.763. The van der Waals surface area contributed by atoms with E-state index in [0.717, 1.165) is 13.1 Å². The van der Waals surface area contributed by atoms with Crippen molar-refractivity contribution in [2.24, 2.45) is 18.9 Å². The molecule has 1 aromatic heterocycles. The van der Waals surface area contributed by atoms with Crippen LogP contribution >= 0.6 is 11.6 Å². The molecule has 23 heavy (non-hydrogen) atoms. The molecule has 0 aromatic carbocycles. The Balaban J connectivity index is 2.05. The largest absolute Gasteiger partial charge is 0.396 e. The topological polar surface area (TPSA) is 68.9 Å². The molecule has 1 saturated heterocycles. The molecular weight excluding hydrogens is 318 g/mol. The number of carbonyl (C=O) groups excluding carboxylic acids is 1. The van der Waals surface area contributed by atoms with Crippen molar-refractivity contribution in [3.8, 4) is 0 Å². The molecule has 0 saturated carbocycles. The summed E-state index contributed by atoms with van der Waals surface area (Å²) >= 11 is 5.96. The van der Waals surface area contributed by atoms with Crippen LogP contribution < -0.4 is 0 Å².